The molecule has 2 aromatic carbocycles. The average Bonchev–Trinajstić information content (AvgIpc) is 3.19. The predicted molar refractivity (Wildman–Crippen MR) is 96.2 cm³/mol. The van der Waals surface area contributed by atoms with E-state index < -0.39 is 0 Å². The van der Waals surface area contributed by atoms with Crippen molar-refractivity contribution < 1.29 is 0 Å². The molecule has 120 valence electrons. The molecule has 0 spiro atoms. The molecule has 0 unspecified atom stereocenters. The quantitative estimate of drug-likeness (QED) is 0.546. The van der Waals surface area contributed by atoms with Gasteiger partial charge in [-0.1, -0.05) is 52.8 Å². The molecule has 5 nitrogen and oxygen atoms in total. The molecule has 7 heteroatoms. The molecule has 4 aromatic rings. The molecule has 0 bridgehead atoms. The van der Waals surface area contributed by atoms with Crippen LogP contribution in [0.4, 0.5) is 0 Å². The van der Waals surface area contributed by atoms with Crippen molar-refractivity contribution in [2.24, 2.45) is 0 Å². The molecule has 0 atom stereocenters. The zero-order valence-electron chi connectivity index (χ0n) is 12.7. The Kier molecular flexibility index (Phi) is 4.23. The first-order chi connectivity index (χ1) is 11.8. The van der Waals surface area contributed by atoms with Crippen LogP contribution in [0.1, 0.15) is 11.3 Å². The highest BCUT2D eigenvalue weighted by molar-refractivity contribution is 7.98. The summed E-state index contributed by atoms with van der Waals surface area (Å²) in [6, 6.07) is 15.8. The maximum absolute atomic E-state index is 6.01. The van der Waals surface area contributed by atoms with Crippen molar-refractivity contribution in [3.05, 3.63) is 71.0 Å². The molecule has 0 aliphatic rings. The van der Waals surface area contributed by atoms with Gasteiger partial charge in [0.25, 0.3) is 0 Å². The van der Waals surface area contributed by atoms with Gasteiger partial charge < -0.3 is 4.98 Å². The fourth-order valence-electron chi connectivity index (χ4n) is 2.44. The topological polar surface area (TPSA) is 59.4 Å². The lowest BCUT2D eigenvalue weighted by atomic mass is 10.2. The van der Waals surface area contributed by atoms with Crippen LogP contribution in [0.15, 0.2) is 59.9 Å². The molecule has 24 heavy (non-hydrogen) atoms. The standard InChI is InChI=1S/C17H14ClN5S/c18-13-5-3-4-12(8-13)9-23-10-14(21-22-23)11-24-17-19-15-6-1-2-7-16(15)20-17/h1-8,10H,9,11H2,(H,19,20). The number of rotatable bonds is 5. The lowest BCUT2D eigenvalue weighted by Crippen LogP contribution is -2.00. The lowest BCUT2D eigenvalue weighted by Gasteiger charge is -2.00. The highest BCUT2D eigenvalue weighted by Crippen LogP contribution is 2.22. The number of hydrogen-bond donors (Lipinski definition) is 1. The van der Waals surface area contributed by atoms with Gasteiger partial charge in [-0.25, -0.2) is 9.67 Å². The van der Waals surface area contributed by atoms with Crippen molar-refractivity contribution in [1.82, 2.24) is 25.0 Å². The van der Waals surface area contributed by atoms with Crippen LogP contribution in [0, 0.1) is 0 Å². The third-order valence-electron chi connectivity index (χ3n) is 3.54. The lowest BCUT2D eigenvalue weighted by molar-refractivity contribution is 0.649. The summed E-state index contributed by atoms with van der Waals surface area (Å²) in [5.41, 5.74) is 4.04. The zero-order chi connectivity index (χ0) is 16.4. The third kappa shape index (κ3) is 3.44. The molecular formula is C17H14ClN5S. The van der Waals surface area contributed by atoms with Gasteiger partial charge in [-0.3, -0.25) is 0 Å². The van der Waals surface area contributed by atoms with Crippen LogP contribution in [0.25, 0.3) is 11.0 Å². The number of thioether (sulfide) groups is 1. The SMILES string of the molecule is Clc1cccc(Cn2cc(CSc3nc4ccccc4[nH]3)nn2)c1. The molecular weight excluding hydrogens is 342 g/mol. The molecule has 0 amide bonds. The first kappa shape index (κ1) is 15.2. The molecule has 0 saturated heterocycles. The van der Waals surface area contributed by atoms with Crippen molar-refractivity contribution in [3.63, 3.8) is 0 Å². The number of fused-ring (bicyclic) bond motifs is 1. The van der Waals surface area contributed by atoms with Crippen molar-refractivity contribution in [3.8, 4) is 0 Å². The summed E-state index contributed by atoms with van der Waals surface area (Å²) < 4.78 is 1.82. The number of benzene rings is 2. The normalized spacial score (nSPS) is 11.2. The summed E-state index contributed by atoms with van der Waals surface area (Å²) in [5, 5.41) is 10.0. The van der Waals surface area contributed by atoms with Gasteiger partial charge in [0.1, 0.15) is 0 Å². The van der Waals surface area contributed by atoms with Crippen LogP contribution in [0.5, 0.6) is 0 Å². The highest BCUT2D eigenvalue weighted by Gasteiger charge is 2.06. The van der Waals surface area contributed by atoms with E-state index >= 15 is 0 Å². The summed E-state index contributed by atoms with van der Waals surface area (Å²) in [7, 11) is 0. The fraction of sp³-hybridized carbons (Fsp3) is 0.118. The third-order valence-corrected chi connectivity index (χ3v) is 4.69. The van der Waals surface area contributed by atoms with Crippen LogP contribution in [0.3, 0.4) is 0 Å². The Hall–Kier alpha value is -2.31. The number of H-pyrrole nitrogens is 1. The number of nitrogens with zero attached hydrogens (tertiary/aromatic N) is 4. The largest absolute Gasteiger partial charge is 0.333 e. The van der Waals surface area contributed by atoms with Crippen molar-refractivity contribution in [1.29, 1.82) is 0 Å². The van der Waals surface area contributed by atoms with E-state index in [2.05, 4.69) is 20.3 Å². The van der Waals surface area contributed by atoms with Gasteiger partial charge >= 0.3 is 0 Å². The van der Waals surface area contributed by atoms with Crippen molar-refractivity contribution in [2.75, 3.05) is 0 Å². The van der Waals surface area contributed by atoms with Crippen LogP contribution in [-0.2, 0) is 12.3 Å². The monoisotopic (exact) mass is 355 g/mol. The Balaban J connectivity index is 1.41. The fourth-order valence-corrected chi connectivity index (χ4v) is 3.42. The Morgan fingerprint density at radius 3 is 2.92 bits per heavy atom. The van der Waals surface area contributed by atoms with E-state index in [4.69, 9.17) is 11.6 Å². The van der Waals surface area contributed by atoms with Gasteiger partial charge in [0.05, 0.1) is 23.3 Å². The second-order valence-corrected chi connectivity index (χ2v) is 6.79. The van der Waals surface area contributed by atoms with E-state index in [0.29, 0.717) is 6.54 Å². The second-order valence-electron chi connectivity index (χ2n) is 5.39. The molecule has 1 N–H and O–H groups in total. The number of imidazole rings is 1. The summed E-state index contributed by atoms with van der Waals surface area (Å²) in [6.45, 7) is 0.656. The number of hydrogen-bond acceptors (Lipinski definition) is 4. The molecule has 0 saturated carbocycles. The van der Waals surface area contributed by atoms with Gasteiger partial charge in [-0.2, -0.15) is 0 Å². The van der Waals surface area contributed by atoms with E-state index in [1.165, 1.54) is 0 Å². The van der Waals surface area contributed by atoms with Gasteiger partial charge in [-0.05, 0) is 29.8 Å². The smallest absolute Gasteiger partial charge is 0.166 e. The minimum atomic E-state index is 0.656. The summed E-state index contributed by atoms with van der Waals surface area (Å²) in [5.74, 6) is 0.718. The van der Waals surface area contributed by atoms with E-state index in [-0.39, 0.29) is 0 Å². The van der Waals surface area contributed by atoms with E-state index in [9.17, 15) is 0 Å². The molecule has 0 aliphatic carbocycles. The summed E-state index contributed by atoms with van der Waals surface area (Å²) in [6.07, 6.45) is 1.95. The first-order valence-corrected chi connectivity index (χ1v) is 8.84. The Morgan fingerprint density at radius 1 is 1.12 bits per heavy atom. The van der Waals surface area contributed by atoms with Crippen LogP contribution in [-0.4, -0.2) is 25.0 Å². The van der Waals surface area contributed by atoms with Crippen LogP contribution < -0.4 is 0 Å². The minimum absolute atomic E-state index is 0.656. The molecule has 0 fully saturated rings. The number of halogens is 1. The summed E-state index contributed by atoms with van der Waals surface area (Å²) in [4.78, 5) is 7.85. The van der Waals surface area contributed by atoms with Gasteiger partial charge in [-0.15, -0.1) is 5.10 Å². The summed E-state index contributed by atoms with van der Waals surface area (Å²) >= 11 is 7.63. The Bertz CT molecular complexity index is 945. The minimum Gasteiger partial charge on any atom is -0.333 e. The van der Waals surface area contributed by atoms with Crippen molar-refractivity contribution >= 4 is 34.4 Å². The molecule has 2 aromatic heterocycles. The molecule has 2 heterocycles. The number of para-hydroxylation sites is 2. The van der Waals surface area contributed by atoms with Crippen molar-refractivity contribution in [2.45, 2.75) is 17.5 Å². The zero-order valence-corrected chi connectivity index (χ0v) is 14.3. The van der Waals surface area contributed by atoms with E-state index in [1.807, 2.05) is 59.4 Å². The maximum atomic E-state index is 6.01. The van der Waals surface area contributed by atoms with Crippen LogP contribution in [0.2, 0.25) is 5.02 Å². The Morgan fingerprint density at radius 2 is 2.04 bits per heavy atom. The van der Waals surface area contributed by atoms with Crippen LogP contribution >= 0.6 is 23.4 Å². The highest BCUT2D eigenvalue weighted by atomic mass is 35.5. The number of nitrogens with one attached hydrogen (secondary N) is 1. The van der Waals surface area contributed by atoms with Gasteiger partial charge in [0.2, 0.25) is 0 Å². The number of aromatic nitrogens is 5. The Labute approximate surface area is 148 Å². The van der Waals surface area contributed by atoms with Gasteiger partial charge in [0, 0.05) is 17.0 Å². The maximum Gasteiger partial charge on any atom is 0.166 e. The molecule has 0 aliphatic heterocycles. The number of aromatic amines is 1. The van der Waals surface area contributed by atoms with E-state index in [0.717, 1.165) is 38.2 Å². The van der Waals surface area contributed by atoms with Gasteiger partial charge in [0.15, 0.2) is 5.16 Å². The van der Waals surface area contributed by atoms with E-state index in [1.54, 1.807) is 11.8 Å². The second kappa shape index (κ2) is 6.67. The molecule has 4 rings (SSSR count). The molecule has 0 radical (unpaired) electrons. The average molecular weight is 356 g/mol. The first-order valence-electron chi connectivity index (χ1n) is 7.47. The predicted octanol–water partition coefficient (Wildman–Crippen LogP) is 4.15.